The summed E-state index contributed by atoms with van der Waals surface area (Å²) in [5.41, 5.74) is 8.89. The molecule has 2 aliphatic rings. The summed E-state index contributed by atoms with van der Waals surface area (Å²) < 4.78 is 0. The van der Waals surface area contributed by atoms with E-state index in [1.807, 2.05) is 0 Å². The van der Waals surface area contributed by atoms with Gasteiger partial charge in [-0.15, -0.1) is 24.8 Å². The fourth-order valence-electron chi connectivity index (χ4n) is 4.61. The zero-order valence-electron chi connectivity index (χ0n) is 16.0. The molecule has 4 nitrogen and oxygen atoms in total. The lowest BCUT2D eigenvalue weighted by Gasteiger charge is -2.29. The summed E-state index contributed by atoms with van der Waals surface area (Å²) in [4.78, 5) is 14.9. The third-order valence-corrected chi connectivity index (χ3v) is 6.15. The molecule has 3 N–H and O–H groups in total. The number of nitrogens with two attached hydrogens (primary N) is 1. The first-order chi connectivity index (χ1) is 11.5. The monoisotopic (exact) mass is 401 g/mol. The van der Waals surface area contributed by atoms with Crippen LogP contribution in [0.2, 0.25) is 0 Å². The number of hydrogen-bond donors (Lipinski definition) is 2. The Morgan fingerprint density at radius 2 is 1.81 bits per heavy atom. The molecule has 148 valence electrons. The first kappa shape index (κ1) is 23.2. The molecule has 26 heavy (non-hydrogen) atoms. The Kier molecular flexibility index (Phi) is 8.87. The highest BCUT2D eigenvalue weighted by atomic mass is 35.5. The van der Waals surface area contributed by atoms with Crippen molar-refractivity contribution in [1.29, 1.82) is 0 Å². The van der Waals surface area contributed by atoms with Gasteiger partial charge < -0.3 is 16.0 Å². The third-order valence-electron chi connectivity index (χ3n) is 6.15. The molecule has 2 fully saturated rings. The third kappa shape index (κ3) is 4.72. The van der Waals surface area contributed by atoms with E-state index in [0.717, 1.165) is 12.8 Å². The van der Waals surface area contributed by atoms with Gasteiger partial charge in [-0.25, -0.2) is 0 Å². The summed E-state index contributed by atoms with van der Waals surface area (Å²) in [6.45, 7) is 2.80. The van der Waals surface area contributed by atoms with Crippen LogP contribution in [0.3, 0.4) is 0 Å². The van der Waals surface area contributed by atoms with Crippen LogP contribution in [-0.4, -0.2) is 37.5 Å². The van der Waals surface area contributed by atoms with Crippen molar-refractivity contribution >= 4 is 30.7 Å². The summed E-state index contributed by atoms with van der Waals surface area (Å²) in [5.74, 6) is 1.25. The maximum absolute atomic E-state index is 12.7. The van der Waals surface area contributed by atoms with Gasteiger partial charge in [-0.1, -0.05) is 31.2 Å². The van der Waals surface area contributed by atoms with Gasteiger partial charge in [0.05, 0.1) is 12.0 Å². The van der Waals surface area contributed by atoms with Crippen LogP contribution in [-0.2, 0) is 11.2 Å². The molecule has 0 aliphatic heterocycles. The van der Waals surface area contributed by atoms with Gasteiger partial charge in [0.25, 0.3) is 0 Å². The van der Waals surface area contributed by atoms with Gasteiger partial charge in [0.15, 0.2) is 0 Å². The summed E-state index contributed by atoms with van der Waals surface area (Å²) >= 11 is 0. The fourth-order valence-corrected chi connectivity index (χ4v) is 4.61. The molecular formula is C20H33Cl2N3O. The van der Waals surface area contributed by atoms with Crippen LogP contribution in [0.4, 0.5) is 0 Å². The highest BCUT2D eigenvalue weighted by Gasteiger charge is 2.49. The van der Waals surface area contributed by atoms with Crippen LogP contribution in [0.5, 0.6) is 0 Å². The fraction of sp³-hybridized carbons (Fsp3) is 0.650. The van der Waals surface area contributed by atoms with Crippen molar-refractivity contribution in [3.05, 3.63) is 35.4 Å². The first-order valence-corrected chi connectivity index (χ1v) is 9.29. The molecule has 2 saturated carbocycles. The van der Waals surface area contributed by atoms with Crippen molar-refractivity contribution in [3.63, 3.8) is 0 Å². The summed E-state index contributed by atoms with van der Waals surface area (Å²) in [5, 5.41) is 3.19. The average Bonchev–Trinajstić information content (AvgIpc) is 3.16. The van der Waals surface area contributed by atoms with E-state index in [2.05, 4.69) is 55.5 Å². The second-order valence-corrected chi connectivity index (χ2v) is 7.76. The smallest absolute Gasteiger partial charge is 0.225 e. The lowest BCUT2D eigenvalue weighted by molar-refractivity contribution is -0.127. The molecule has 1 amide bonds. The largest absolute Gasteiger partial charge is 0.354 e. The average molecular weight is 402 g/mol. The zero-order chi connectivity index (χ0) is 17.3. The van der Waals surface area contributed by atoms with E-state index < -0.39 is 0 Å². The van der Waals surface area contributed by atoms with Crippen LogP contribution in [0.25, 0.3) is 0 Å². The Hall–Kier alpha value is -0.810. The Labute approximate surface area is 170 Å². The van der Waals surface area contributed by atoms with Crippen molar-refractivity contribution < 1.29 is 4.79 Å². The van der Waals surface area contributed by atoms with E-state index in [-0.39, 0.29) is 48.7 Å². The van der Waals surface area contributed by atoms with Gasteiger partial charge >= 0.3 is 0 Å². The number of benzene rings is 1. The Morgan fingerprint density at radius 1 is 1.19 bits per heavy atom. The molecule has 0 spiro atoms. The number of likely N-dealkylation sites (N-methyl/N-ethyl adjacent to an activating group) is 1. The predicted molar refractivity (Wildman–Crippen MR) is 112 cm³/mol. The number of aryl methyl sites for hydroxylation is 1. The number of halogens is 2. The zero-order valence-corrected chi connectivity index (χ0v) is 17.6. The lowest BCUT2D eigenvalue weighted by atomic mass is 9.84. The number of hydrogen-bond acceptors (Lipinski definition) is 3. The standard InChI is InChI=1S/C20H31N3O.2ClH/c1-4-13-5-7-14(8-6-13)17(23(2)3)12-22-20(24)18-15-9-10-16(11-15)19(18)21;;/h5-8,15-19H,4,9-12,21H2,1-3H3,(H,22,24);2*1H. The molecule has 1 aromatic carbocycles. The number of fused-ring (bicyclic) bond motifs is 2. The van der Waals surface area contributed by atoms with Crippen LogP contribution in [0.1, 0.15) is 43.4 Å². The van der Waals surface area contributed by atoms with Crippen LogP contribution >= 0.6 is 24.8 Å². The predicted octanol–water partition coefficient (Wildman–Crippen LogP) is 3.18. The van der Waals surface area contributed by atoms with Crippen LogP contribution < -0.4 is 11.1 Å². The topological polar surface area (TPSA) is 58.4 Å². The second kappa shape index (κ2) is 9.93. The molecule has 2 aliphatic carbocycles. The summed E-state index contributed by atoms with van der Waals surface area (Å²) in [6.07, 6.45) is 4.58. The van der Waals surface area contributed by atoms with E-state index in [0.29, 0.717) is 18.4 Å². The number of nitrogens with zero attached hydrogens (tertiary/aromatic N) is 1. The highest BCUT2D eigenvalue weighted by Crippen LogP contribution is 2.47. The van der Waals surface area contributed by atoms with Crippen molar-refractivity contribution in [2.45, 2.75) is 44.7 Å². The normalized spacial score (nSPS) is 27.6. The van der Waals surface area contributed by atoms with Gasteiger partial charge in [0.2, 0.25) is 5.91 Å². The van der Waals surface area contributed by atoms with E-state index in [4.69, 9.17) is 5.73 Å². The molecule has 0 heterocycles. The SMILES string of the molecule is CCc1ccc(C(CNC(=O)C2C3CCC(C3)C2N)N(C)C)cc1.Cl.Cl. The highest BCUT2D eigenvalue weighted by molar-refractivity contribution is 5.85. The number of nitrogens with one attached hydrogen (secondary N) is 1. The molecule has 2 bridgehead atoms. The van der Waals surface area contributed by atoms with E-state index in [9.17, 15) is 4.79 Å². The minimum absolute atomic E-state index is 0. The van der Waals surface area contributed by atoms with Crippen molar-refractivity contribution in [3.8, 4) is 0 Å². The van der Waals surface area contributed by atoms with Crippen LogP contribution in [0.15, 0.2) is 24.3 Å². The van der Waals surface area contributed by atoms with Crippen molar-refractivity contribution in [1.82, 2.24) is 10.2 Å². The minimum Gasteiger partial charge on any atom is -0.354 e. The number of carbonyl (C=O) groups is 1. The summed E-state index contributed by atoms with van der Waals surface area (Å²) in [6, 6.07) is 8.97. The Balaban J connectivity index is 0.00000169. The van der Waals surface area contributed by atoms with Crippen molar-refractivity contribution in [2.75, 3.05) is 20.6 Å². The minimum atomic E-state index is 0. The molecule has 1 aromatic rings. The van der Waals surface area contributed by atoms with E-state index in [1.54, 1.807) is 0 Å². The Bertz CT molecular complexity index is 577. The molecule has 5 unspecified atom stereocenters. The molecule has 0 radical (unpaired) electrons. The van der Waals surface area contributed by atoms with Crippen molar-refractivity contribution in [2.24, 2.45) is 23.5 Å². The maximum atomic E-state index is 12.7. The van der Waals surface area contributed by atoms with Gasteiger partial charge in [0, 0.05) is 12.6 Å². The van der Waals surface area contributed by atoms with E-state index >= 15 is 0 Å². The van der Waals surface area contributed by atoms with E-state index in [1.165, 1.54) is 24.0 Å². The molecule has 0 saturated heterocycles. The number of amides is 1. The van der Waals surface area contributed by atoms with Gasteiger partial charge in [0.1, 0.15) is 0 Å². The first-order valence-electron chi connectivity index (χ1n) is 9.29. The van der Waals surface area contributed by atoms with Gasteiger partial charge in [-0.05, 0) is 62.7 Å². The lowest BCUT2D eigenvalue weighted by Crippen LogP contribution is -2.46. The summed E-state index contributed by atoms with van der Waals surface area (Å²) in [7, 11) is 4.13. The quantitative estimate of drug-likeness (QED) is 0.769. The molecule has 6 heteroatoms. The molecule has 3 rings (SSSR count). The number of rotatable bonds is 6. The second-order valence-electron chi connectivity index (χ2n) is 7.76. The van der Waals surface area contributed by atoms with Crippen LogP contribution in [0, 0.1) is 17.8 Å². The maximum Gasteiger partial charge on any atom is 0.225 e. The van der Waals surface area contributed by atoms with Gasteiger partial charge in [-0.2, -0.15) is 0 Å². The Morgan fingerprint density at radius 3 is 2.31 bits per heavy atom. The molecule has 0 aromatic heterocycles. The van der Waals surface area contributed by atoms with Gasteiger partial charge in [-0.3, -0.25) is 4.79 Å². The number of carbonyl (C=O) groups excluding carboxylic acids is 1. The molecule has 5 atom stereocenters. The molecular weight excluding hydrogens is 369 g/mol.